The molecule has 0 bridgehead atoms. The quantitative estimate of drug-likeness (QED) is 0.708. The highest BCUT2D eigenvalue weighted by Crippen LogP contribution is 2.26. The van der Waals surface area contributed by atoms with Gasteiger partial charge >= 0.3 is 0 Å². The highest BCUT2D eigenvalue weighted by molar-refractivity contribution is 7.99. The fourth-order valence-electron chi connectivity index (χ4n) is 2.89. The maximum Gasteiger partial charge on any atom is 0.237 e. The number of aromatic nitrogens is 3. The molecule has 0 aliphatic carbocycles. The lowest BCUT2D eigenvalue weighted by molar-refractivity contribution is -0.116. The van der Waals surface area contributed by atoms with E-state index in [1.807, 2.05) is 41.8 Å². The van der Waals surface area contributed by atoms with Gasteiger partial charge in [-0.05, 0) is 25.5 Å². The number of anilines is 1. The number of amides is 1. The van der Waals surface area contributed by atoms with E-state index >= 15 is 0 Å². The molecule has 134 valence electrons. The van der Waals surface area contributed by atoms with Gasteiger partial charge in [-0.25, -0.2) is 8.42 Å². The van der Waals surface area contributed by atoms with Crippen LogP contribution in [0.25, 0.3) is 0 Å². The maximum absolute atomic E-state index is 12.9. The zero-order valence-electron chi connectivity index (χ0n) is 13.9. The van der Waals surface area contributed by atoms with Gasteiger partial charge < -0.3 is 9.47 Å². The SMILES string of the molecule is CCn1cnnc1SCC(=O)N(c1ccccc1)[C@H]1CCS(=O)(=O)C1. The number of rotatable bonds is 6. The van der Waals surface area contributed by atoms with E-state index in [1.165, 1.54) is 11.8 Å². The summed E-state index contributed by atoms with van der Waals surface area (Å²) in [7, 11) is -3.08. The summed E-state index contributed by atoms with van der Waals surface area (Å²) < 4.78 is 25.6. The predicted molar refractivity (Wildman–Crippen MR) is 97.4 cm³/mol. The number of carbonyl (C=O) groups is 1. The summed E-state index contributed by atoms with van der Waals surface area (Å²) in [6, 6.07) is 8.92. The normalized spacial score (nSPS) is 19.0. The first-order chi connectivity index (χ1) is 12.0. The highest BCUT2D eigenvalue weighted by Gasteiger charge is 2.35. The second-order valence-corrected chi connectivity index (χ2v) is 9.02. The van der Waals surface area contributed by atoms with Crippen molar-refractivity contribution in [2.24, 2.45) is 0 Å². The molecule has 1 aromatic carbocycles. The average molecular weight is 380 g/mol. The lowest BCUT2D eigenvalue weighted by Gasteiger charge is -2.28. The molecule has 0 radical (unpaired) electrons. The van der Waals surface area contributed by atoms with Crippen molar-refractivity contribution in [2.45, 2.75) is 31.1 Å². The van der Waals surface area contributed by atoms with E-state index in [1.54, 1.807) is 11.2 Å². The summed E-state index contributed by atoms with van der Waals surface area (Å²) >= 11 is 1.32. The van der Waals surface area contributed by atoms with Crippen molar-refractivity contribution in [3.8, 4) is 0 Å². The smallest absolute Gasteiger partial charge is 0.237 e. The summed E-state index contributed by atoms with van der Waals surface area (Å²) in [4.78, 5) is 14.5. The largest absolute Gasteiger partial charge is 0.309 e. The van der Waals surface area contributed by atoms with Crippen molar-refractivity contribution in [3.05, 3.63) is 36.7 Å². The third kappa shape index (κ3) is 4.21. The fourth-order valence-corrected chi connectivity index (χ4v) is 5.43. The van der Waals surface area contributed by atoms with Crippen LogP contribution in [0.2, 0.25) is 0 Å². The van der Waals surface area contributed by atoms with Gasteiger partial charge in [-0.3, -0.25) is 4.79 Å². The zero-order valence-corrected chi connectivity index (χ0v) is 15.5. The van der Waals surface area contributed by atoms with Gasteiger partial charge in [0.05, 0.1) is 23.3 Å². The summed E-state index contributed by atoms with van der Waals surface area (Å²) in [5, 5.41) is 8.56. The number of carbonyl (C=O) groups excluding carboxylic acids is 1. The monoisotopic (exact) mass is 380 g/mol. The number of hydrogen-bond donors (Lipinski definition) is 0. The number of para-hydroxylation sites is 1. The van der Waals surface area contributed by atoms with Crippen molar-refractivity contribution in [2.75, 3.05) is 22.2 Å². The van der Waals surface area contributed by atoms with Crippen LogP contribution in [0, 0.1) is 0 Å². The van der Waals surface area contributed by atoms with Crippen LogP contribution in [0.3, 0.4) is 0 Å². The van der Waals surface area contributed by atoms with Gasteiger partial charge in [0.15, 0.2) is 15.0 Å². The van der Waals surface area contributed by atoms with E-state index in [0.29, 0.717) is 11.6 Å². The van der Waals surface area contributed by atoms with Gasteiger partial charge in [0.25, 0.3) is 0 Å². The van der Waals surface area contributed by atoms with Crippen molar-refractivity contribution in [3.63, 3.8) is 0 Å². The molecule has 1 aliphatic rings. The van der Waals surface area contributed by atoms with E-state index in [-0.39, 0.29) is 29.2 Å². The van der Waals surface area contributed by atoms with Gasteiger partial charge in [-0.15, -0.1) is 10.2 Å². The van der Waals surface area contributed by atoms with Crippen LogP contribution in [0.15, 0.2) is 41.8 Å². The van der Waals surface area contributed by atoms with Crippen LogP contribution in [-0.4, -0.2) is 52.4 Å². The Morgan fingerprint density at radius 1 is 1.36 bits per heavy atom. The van der Waals surface area contributed by atoms with Gasteiger partial charge in [0.1, 0.15) is 6.33 Å². The molecule has 2 aromatic rings. The molecular formula is C16H20N4O3S2. The average Bonchev–Trinajstić information content (AvgIpc) is 3.20. The Morgan fingerprint density at radius 2 is 2.12 bits per heavy atom. The maximum atomic E-state index is 12.9. The van der Waals surface area contributed by atoms with Crippen molar-refractivity contribution < 1.29 is 13.2 Å². The number of aryl methyl sites for hydroxylation is 1. The first-order valence-corrected chi connectivity index (χ1v) is 10.9. The molecule has 0 saturated carbocycles. The van der Waals surface area contributed by atoms with E-state index in [0.717, 1.165) is 12.2 Å². The van der Waals surface area contributed by atoms with Crippen molar-refractivity contribution in [1.29, 1.82) is 0 Å². The topological polar surface area (TPSA) is 85.2 Å². The molecule has 1 atom stereocenters. The predicted octanol–water partition coefficient (Wildman–Crippen LogP) is 1.61. The molecule has 1 saturated heterocycles. The summed E-state index contributed by atoms with van der Waals surface area (Å²) in [5.74, 6) is 0.211. The minimum Gasteiger partial charge on any atom is -0.309 e. The van der Waals surface area contributed by atoms with Crippen LogP contribution < -0.4 is 4.90 Å². The minimum absolute atomic E-state index is 0.0173. The van der Waals surface area contributed by atoms with Gasteiger partial charge in [-0.1, -0.05) is 30.0 Å². The Labute approximate surface area is 151 Å². The number of nitrogens with zero attached hydrogens (tertiary/aromatic N) is 4. The number of hydrogen-bond acceptors (Lipinski definition) is 6. The van der Waals surface area contributed by atoms with Crippen molar-refractivity contribution >= 4 is 33.2 Å². The standard InChI is InChI=1S/C16H20N4O3S2/c1-2-19-12-17-18-16(19)24-10-15(21)20(13-6-4-3-5-7-13)14-8-9-25(22,23)11-14/h3-7,12,14H,2,8-11H2,1H3/t14-/m0/s1. The third-order valence-electron chi connectivity index (χ3n) is 4.12. The second-order valence-electron chi connectivity index (χ2n) is 5.84. The molecule has 1 aromatic heterocycles. The van der Waals surface area contributed by atoms with Crippen LogP contribution in [-0.2, 0) is 21.2 Å². The Morgan fingerprint density at radius 3 is 2.76 bits per heavy atom. The number of thioether (sulfide) groups is 1. The Kier molecular flexibility index (Phi) is 5.43. The minimum atomic E-state index is -3.08. The molecule has 1 aliphatic heterocycles. The lowest BCUT2D eigenvalue weighted by Crippen LogP contribution is -2.42. The molecule has 1 amide bonds. The van der Waals surface area contributed by atoms with E-state index in [2.05, 4.69) is 10.2 Å². The molecule has 0 N–H and O–H groups in total. The summed E-state index contributed by atoms with van der Waals surface area (Å²) in [5.41, 5.74) is 0.729. The van der Waals surface area contributed by atoms with Crippen LogP contribution in [0.4, 0.5) is 5.69 Å². The Hall–Kier alpha value is -1.87. The highest BCUT2D eigenvalue weighted by atomic mass is 32.2. The van der Waals surface area contributed by atoms with E-state index < -0.39 is 9.84 Å². The van der Waals surface area contributed by atoms with Crippen molar-refractivity contribution in [1.82, 2.24) is 14.8 Å². The molecule has 1 fully saturated rings. The summed E-state index contributed by atoms with van der Waals surface area (Å²) in [6.45, 7) is 2.71. The van der Waals surface area contributed by atoms with Gasteiger partial charge in [-0.2, -0.15) is 0 Å². The molecule has 7 nitrogen and oxygen atoms in total. The first kappa shape index (κ1) is 17.9. The molecule has 0 spiro atoms. The van der Waals surface area contributed by atoms with E-state index in [4.69, 9.17) is 0 Å². The number of benzene rings is 1. The molecule has 9 heteroatoms. The summed E-state index contributed by atoms with van der Waals surface area (Å²) in [6.07, 6.45) is 2.10. The zero-order chi connectivity index (χ0) is 17.9. The lowest BCUT2D eigenvalue weighted by atomic mass is 10.2. The number of sulfone groups is 1. The Balaban J connectivity index is 1.78. The molecule has 2 heterocycles. The van der Waals surface area contributed by atoms with Gasteiger partial charge in [0.2, 0.25) is 5.91 Å². The van der Waals surface area contributed by atoms with Crippen LogP contribution >= 0.6 is 11.8 Å². The van der Waals surface area contributed by atoms with Crippen LogP contribution in [0.5, 0.6) is 0 Å². The van der Waals surface area contributed by atoms with Gasteiger partial charge in [0, 0.05) is 12.2 Å². The Bertz CT molecular complexity index is 836. The first-order valence-electron chi connectivity index (χ1n) is 8.08. The van der Waals surface area contributed by atoms with Crippen LogP contribution in [0.1, 0.15) is 13.3 Å². The molecule has 25 heavy (non-hydrogen) atoms. The molecule has 3 rings (SSSR count). The molecular weight excluding hydrogens is 360 g/mol. The molecule has 0 unspecified atom stereocenters. The third-order valence-corrected chi connectivity index (χ3v) is 6.84. The van der Waals surface area contributed by atoms with E-state index in [9.17, 15) is 13.2 Å². The second kappa shape index (κ2) is 7.57. The fraction of sp³-hybridized carbons (Fsp3) is 0.438.